The Hall–Kier alpha value is -1.31. The quantitative estimate of drug-likeness (QED) is 0.750. The standard InChI is InChI=1S/C14H20N2/c1-5-7-13-12(14(2,3)4)10-11-8-6-9-15-16(11)13/h6,8-10H,5,7H2,1-4H3. The fourth-order valence-corrected chi connectivity index (χ4v) is 2.19. The Kier molecular flexibility index (Phi) is 2.75. The molecular formula is C14H20N2. The SMILES string of the molecule is CCCc1c(C(C)(C)C)cc2cccnn12. The molecule has 2 aromatic rings. The van der Waals surface area contributed by atoms with E-state index < -0.39 is 0 Å². The highest BCUT2D eigenvalue weighted by molar-refractivity contribution is 5.53. The fraction of sp³-hybridized carbons (Fsp3) is 0.500. The summed E-state index contributed by atoms with van der Waals surface area (Å²) < 4.78 is 2.09. The Morgan fingerprint density at radius 2 is 2.06 bits per heavy atom. The summed E-state index contributed by atoms with van der Waals surface area (Å²) in [7, 11) is 0. The second-order valence-electron chi connectivity index (χ2n) is 5.37. The minimum Gasteiger partial charge on any atom is -0.238 e. The van der Waals surface area contributed by atoms with Gasteiger partial charge in [-0.1, -0.05) is 34.1 Å². The molecule has 2 heterocycles. The van der Waals surface area contributed by atoms with Gasteiger partial charge in [0.15, 0.2) is 0 Å². The maximum atomic E-state index is 4.45. The smallest absolute Gasteiger partial charge is 0.0653 e. The van der Waals surface area contributed by atoms with Crippen LogP contribution in [0.3, 0.4) is 0 Å². The van der Waals surface area contributed by atoms with Gasteiger partial charge in [-0.25, -0.2) is 4.52 Å². The first-order valence-electron chi connectivity index (χ1n) is 6.00. The molecule has 0 aromatic carbocycles. The van der Waals surface area contributed by atoms with Crippen molar-refractivity contribution in [1.29, 1.82) is 0 Å². The van der Waals surface area contributed by atoms with Crippen molar-refractivity contribution in [2.45, 2.75) is 46.0 Å². The Labute approximate surface area is 97.3 Å². The van der Waals surface area contributed by atoms with E-state index in [0.717, 1.165) is 12.8 Å². The lowest BCUT2D eigenvalue weighted by atomic mass is 9.86. The van der Waals surface area contributed by atoms with Crippen molar-refractivity contribution in [2.75, 3.05) is 0 Å². The molecule has 0 fully saturated rings. The number of nitrogens with zero attached hydrogens (tertiary/aromatic N) is 2. The van der Waals surface area contributed by atoms with E-state index in [4.69, 9.17) is 0 Å². The van der Waals surface area contributed by atoms with Gasteiger partial charge in [0.1, 0.15) is 0 Å². The highest BCUT2D eigenvalue weighted by Crippen LogP contribution is 2.29. The van der Waals surface area contributed by atoms with Gasteiger partial charge in [0.25, 0.3) is 0 Å². The Morgan fingerprint density at radius 3 is 2.69 bits per heavy atom. The topological polar surface area (TPSA) is 17.3 Å². The first-order valence-corrected chi connectivity index (χ1v) is 6.00. The molecule has 2 nitrogen and oxygen atoms in total. The number of hydrogen-bond donors (Lipinski definition) is 0. The van der Waals surface area contributed by atoms with Crippen molar-refractivity contribution in [3.05, 3.63) is 35.7 Å². The molecule has 0 N–H and O–H groups in total. The molecule has 0 atom stereocenters. The zero-order valence-electron chi connectivity index (χ0n) is 10.6. The molecule has 0 unspecified atom stereocenters. The lowest BCUT2D eigenvalue weighted by Gasteiger charge is -2.19. The summed E-state index contributed by atoms with van der Waals surface area (Å²) in [5.74, 6) is 0. The number of hydrogen-bond acceptors (Lipinski definition) is 1. The summed E-state index contributed by atoms with van der Waals surface area (Å²) in [6, 6.07) is 6.40. The van der Waals surface area contributed by atoms with Crippen LogP contribution in [0.25, 0.3) is 5.52 Å². The van der Waals surface area contributed by atoms with E-state index in [1.807, 2.05) is 12.3 Å². The minimum atomic E-state index is 0.193. The second kappa shape index (κ2) is 3.93. The Morgan fingerprint density at radius 1 is 1.31 bits per heavy atom. The largest absolute Gasteiger partial charge is 0.238 e. The van der Waals surface area contributed by atoms with E-state index in [-0.39, 0.29) is 5.41 Å². The molecular weight excluding hydrogens is 196 g/mol. The zero-order valence-corrected chi connectivity index (χ0v) is 10.6. The van der Waals surface area contributed by atoms with Crippen LogP contribution in [-0.2, 0) is 11.8 Å². The van der Waals surface area contributed by atoms with Gasteiger partial charge in [0, 0.05) is 11.9 Å². The van der Waals surface area contributed by atoms with Gasteiger partial charge in [-0.15, -0.1) is 0 Å². The molecule has 86 valence electrons. The van der Waals surface area contributed by atoms with Crippen LogP contribution in [0.2, 0.25) is 0 Å². The van der Waals surface area contributed by atoms with E-state index in [1.165, 1.54) is 16.8 Å². The molecule has 2 rings (SSSR count). The molecule has 0 aliphatic rings. The Balaban J connectivity index is 2.68. The average Bonchev–Trinajstić information content (AvgIpc) is 2.58. The molecule has 16 heavy (non-hydrogen) atoms. The molecule has 0 bridgehead atoms. The summed E-state index contributed by atoms with van der Waals surface area (Å²) in [6.07, 6.45) is 4.11. The van der Waals surface area contributed by atoms with Crippen molar-refractivity contribution in [3.8, 4) is 0 Å². The second-order valence-corrected chi connectivity index (χ2v) is 5.37. The van der Waals surface area contributed by atoms with E-state index >= 15 is 0 Å². The van der Waals surface area contributed by atoms with Crippen molar-refractivity contribution in [2.24, 2.45) is 0 Å². The maximum absolute atomic E-state index is 4.45. The maximum Gasteiger partial charge on any atom is 0.0653 e. The van der Waals surface area contributed by atoms with Crippen LogP contribution >= 0.6 is 0 Å². The highest BCUT2D eigenvalue weighted by atomic mass is 15.2. The predicted octanol–water partition coefficient (Wildman–Crippen LogP) is 3.58. The first kappa shape index (κ1) is 11.2. The van der Waals surface area contributed by atoms with E-state index in [0.29, 0.717) is 0 Å². The molecule has 0 aliphatic heterocycles. The van der Waals surface area contributed by atoms with Gasteiger partial charge in [0.2, 0.25) is 0 Å². The number of aryl methyl sites for hydroxylation is 1. The van der Waals surface area contributed by atoms with Crippen molar-refractivity contribution in [3.63, 3.8) is 0 Å². The van der Waals surface area contributed by atoms with Crippen LogP contribution in [-0.4, -0.2) is 9.61 Å². The molecule has 0 aliphatic carbocycles. The van der Waals surface area contributed by atoms with Gasteiger partial charge >= 0.3 is 0 Å². The zero-order chi connectivity index (χ0) is 11.8. The van der Waals surface area contributed by atoms with Gasteiger partial charge in [-0.3, -0.25) is 0 Å². The van der Waals surface area contributed by atoms with Gasteiger partial charge < -0.3 is 0 Å². The summed E-state index contributed by atoms with van der Waals surface area (Å²) >= 11 is 0. The normalized spacial score (nSPS) is 12.2. The van der Waals surface area contributed by atoms with E-state index in [2.05, 4.69) is 49.4 Å². The third-order valence-corrected chi connectivity index (χ3v) is 2.93. The summed E-state index contributed by atoms with van der Waals surface area (Å²) in [5, 5.41) is 4.45. The van der Waals surface area contributed by atoms with Crippen LogP contribution in [0.1, 0.15) is 45.4 Å². The lowest BCUT2D eigenvalue weighted by Crippen LogP contribution is -2.13. The van der Waals surface area contributed by atoms with Gasteiger partial charge in [-0.2, -0.15) is 5.10 Å². The number of aromatic nitrogens is 2. The van der Waals surface area contributed by atoms with E-state index in [1.54, 1.807) is 0 Å². The molecule has 0 saturated carbocycles. The minimum absolute atomic E-state index is 0.193. The lowest BCUT2D eigenvalue weighted by molar-refractivity contribution is 0.577. The molecule has 2 heteroatoms. The van der Waals surface area contributed by atoms with Crippen molar-refractivity contribution >= 4 is 5.52 Å². The molecule has 0 radical (unpaired) electrons. The third-order valence-electron chi connectivity index (χ3n) is 2.93. The molecule has 2 aromatic heterocycles. The van der Waals surface area contributed by atoms with Gasteiger partial charge in [0.05, 0.1) is 5.52 Å². The molecule has 0 saturated heterocycles. The third kappa shape index (κ3) is 1.84. The van der Waals surface area contributed by atoms with Gasteiger partial charge in [-0.05, 0) is 35.6 Å². The van der Waals surface area contributed by atoms with Crippen LogP contribution in [0.15, 0.2) is 24.4 Å². The number of fused-ring (bicyclic) bond motifs is 1. The summed E-state index contributed by atoms with van der Waals surface area (Å²) in [4.78, 5) is 0. The summed E-state index contributed by atoms with van der Waals surface area (Å²) in [6.45, 7) is 9.01. The van der Waals surface area contributed by atoms with Crippen molar-refractivity contribution in [1.82, 2.24) is 9.61 Å². The number of rotatable bonds is 2. The average molecular weight is 216 g/mol. The van der Waals surface area contributed by atoms with Crippen molar-refractivity contribution < 1.29 is 0 Å². The van der Waals surface area contributed by atoms with E-state index in [9.17, 15) is 0 Å². The first-order chi connectivity index (χ1) is 7.54. The van der Waals surface area contributed by atoms with Crippen LogP contribution in [0.5, 0.6) is 0 Å². The predicted molar refractivity (Wildman–Crippen MR) is 67.9 cm³/mol. The van der Waals surface area contributed by atoms with Crippen LogP contribution < -0.4 is 0 Å². The monoisotopic (exact) mass is 216 g/mol. The molecule has 0 spiro atoms. The fourth-order valence-electron chi connectivity index (χ4n) is 2.19. The van der Waals surface area contributed by atoms with Crippen LogP contribution in [0.4, 0.5) is 0 Å². The van der Waals surface area contributed by atoms with Crippen LogP contribution in [0, 0.1) is 0 Å². The summed E-state index contributed by atoms with van der Waals surface area (Å²) in [5.41, 5.74) is 4.19. The molecule has 0 amide bonds. The highest BCUT2D eigenvalue weighted by Gasteiger charge is 2.21. The Bertz CT molecular complexity index is 489.